The summed E-state index contributed by atoms with van der Waals surface area (Å²) in [7, 11) is 2.18. The normalized spacial score (nSPS) is 13.1. The van der Waals surface area contributed by atoms with Crippen LogP contribution >= 0.6 is 0 Å². The Morgan fingerprint density at radius 2 is 2.13 bits per heavy atom. The Morgan fingerprint density at radius 3 is 2.73 bits per heavy atom. The molecule has 0 fully saturated rings. The first-order chi connectivity index (χ1) is 7.13. The summed E-state index contributed by atoms with van der Waals surface area (Å²) in [5, 5.41) is 0. The number of likely N-dealkylation sites (N-methyl/N-ethyl adjacent to an activating group) is 1. The highest BCUT2D eigenvalue weighted by Crippen LogP contribution is 2.08. The molecule has 0 aliphatic rings. The first-order valence-electron chi connectivity index (χ1n) is 5.68. The van der Waals surface area contributed by atoms with Gasteiger partial charge in [0.05, 0.1) is 0 Å². The van der Waals surface area contributed by atoms with Crippen molar-refractivity contribution in [3.63, 3.8) is 0 Å². The Balaban J connectivity index is 2.43. The molecule has 2 nitrogen and oxygen atoms in total. The molecule has 1 aromatic rings. The molecular formula is C13H22N2. The fourth-order valence-electron chi connectivity index (χ4n) is 1.59. The second-order valence-corrected chi connectivity index (χ2v) is 4.23. The summed E-state index contributed by atoms with van der Waals surface area (Å²) in [6.45, 7) is 5.58. The summed E-state index contributed by atoms with van der Waals surface area (Å²) >= 11 is 0. The molecule has 84 valence electrons. The molecule has 0 amide bonds. The van der Waals surface area contributed by atoms with Gasteiger partial charge in [-0.3, -0.25) is 0 Å². The van der Waals surface area contributed by atoms with E-state index in [1.807, 2.05) is 12.1 Å². The Morgan fingerprint density at radius 1 is 1.40 bits per heavy atom. The smallest absolute Gasteiger partial charge is 0.0316 e. The van der Waals surface area contributed by atoms with E-state index in [-0.39, 0.29) is 0 Å². The number of anilines is 1. The van der Waals surface area contributed by atoms with Crippen molar-refractivity contribution in [1.29, 1.82) is 0 Å². The maximum atomic E-state index is 5.74. The molecule has 1 aromatic carbocycles. The van der Waals surface area contributed by atoms with Gasteiger partial charge in [0.25, 0.3) is 0 Å². The molecule has 0 aromatic heterocycles. The largest absolute Gasteiger partial charge is 0.399 e. The van der Waals surface area contributed by atoms with Crippen LogP contribution in [0.2, 0.25) is 0 Å². The van der Waals surface area contributed by atoms with Crippen LogP contribution in [0.4, 0.5) is 5.69 Å². The van der Waals surface area contributed by atoms with Crippen molar-refractivity contribution >= 4 is 5.69 Å². The van der Waals surface area contributed by atoms with E-state index in [0.717, 1.165) is 18.7 Å². The third-order valence-electron chi connectivity index (χ3n) is 3.05. The van der Waals surface area contributed by atoms with Crippen LogP contribution in [0.1, 0.15) is 25.8 Å². The lowest BCUT2D eigenvalue weighted by molar-refractivity contribution is 0.255. The van der Waals surface area contributed by atoms with Gasteiger partial charge in [-0.25, -0.2) is 0 Å². The molecule has 0 bridgehead atoms. The first kappa shape index (κ1) is 12.1. The molecule has 2 heteroatoms. The van der Waals surface area contributed by atoms with Gasteiger partial charge < -0.3 is 10.6 Å². The van der Waals surface area contributed by atoms with E-state index < -0.39 is 0 Å². The molecule has 2 N–H and O–H groups in total. The third kappa shape index (κ3) is 3.92. The SMILES string of the molecule is CCC(C)N(C)CCc1cccc(N)c1. The molecular weight excluding hydrogens is 184 g/mol. The number of nitrogens with two attached hydrogens (primary N) is 1. The molecule has 1 unspecified atom stereocenters. The predicted octanol–water partition coefficient (Wildman–Crippen LogP) is 2.54. The third-order valence-corrected chi connectivity index (χ3v) is 3.05. The fraction of sp³-hybridized carbons (Fsp3) is 0.538. The van der Waals surface area contributed by atoms with Crippen molar-refractivity contribution in [2.45, 2.75) is 32.7 Å². The zero-order valence-corrected chi connectivity index (χ0v) is 10.0. The van der Waals surface area contributed by atoms with Crippen LogP contribution in [0.3, 0.4) is 0 Å². The summed E-state index contributed by atoms with van der Waals surface area (Å²) in [5.74, 6) is 0. The molecule has 0 heterocycles. The minimum Gasteiger partial charge on any atom is -0.399 e. The Kier molecular flexibility index (Phi) is 4.63. The maximum Gasteiger partial charge on any atom is 0.0316 e. The summed E-state index contributed by atoms with van der Waals surface area (Å²) in [5.41, 5.74) is 7.92. The van der Waals surface area contributed by atoms with Crippen LogP contribution in [0.15, 0.2) is 24.3 Å². The fourth-order valence-corrected chi connectivity index (χ4v) is 1.59. The van der Waals surface area contributed by atoms with Gasteiger partial charge in [0.1, 0.15) is 0 Å². The number of nitrogen functional groups attached to an aromatic ring is 1. The lowest BCUT2D eigenvalue weighted by Gasteiger charge is -2.23. The van der Waals surface area contributed by atoms with Crippen molar-refractivity contribution in [3.05, 3.63) is 29.8 Å². The summed E-state index contributed by atoms with van der Waals surface area (Å²) in [6.07, 6.45) is 2.28. The minimum atomic E-state index is 0.658. The van der Waals surface area contributed by atoms with E-state index in [1.165, 1.54) is 12.0 Å². The molecule has 0 saturated heterocycles. The molecule has 0 radical (unpaired) electrons. The van der Waals surface area contributed by atoms with Gasteiger partial charge in [-0.1, -0.05) is 19.1 Å². The molecule has 0 saturated carbocycles. The zero-order valence-electron chi connectivity index (χ0n) is 10.0. The van der Waals surface area contributed by atoms with Gasteiger partial charge in [-0.05, 0) is 44.5 Å². The van der Waals surface area contributed by atoms with E-state index in [0.29, 0.717) is 6.04 Å². The lowest BCUT2D eigenvalue weighted by atomic mass is 10.1. The van der Waals surface area contributed by atoms with Crippen molar-refractivity contribution in [1.82, 2.24) is 4.90 Å². The molecule has 1 rings (SSSR count). The molecule has 1 atom stereocenters. The Bertz CT molecular complexity index is 296. The highest BCUT2D eigenvalue weighted by molar-refractivity contribution is 5.40. The van der Waals surface area contributed by atoms with E-state index >= 15 is 0 Å². The predicted molar refractivity (Wildman–Crippen MR) is 66.9 cm³/mol. The Labute approximate surface area is 93.1 Å². The highest BCUT2D eigenvalue weighted by Gasteiger charge is 2.06. The van der Waals surface area contributed by atoms with Crippen LogP contribution in [0.25, 0.3) is 0 Å². The van der Waals surface area contributed by atoms with Gasteiger partial charge in [0.2, 0.25) is 0 Å². The second kappa shape index (κ2) is 5.76. The van der Waals surface area contributed by atoms with Gasteiger partial charge in [0.15, 0.2) is 0 Å². The maximum absolute atomic E-state index is 5.74. The van der Waals surface area contributed by atoms with Crippen LogP contribution in [0.5, 0.6) is 0 Å². The zero-order chi connectivity index (χ0) is 11.3. The Hall–Kier alpha value is -1.02. The summed E-state index contributed by atoms with van der Waals surface area (Å²) < 4.78 is 0. The van der Waals surface area contributed by atoms with Crippen molar-refractivity contribution in [2.24, 2.45) is 0 Å². The number of nitrogens with zero attached hydrogens (tertiary/aromatic N) is 1. The molecule has 15 heavy (non-hydrogen) atoms. The minimum absolute atomic E-state index is 0.658. The van der Waals surface area contributed by atoms with Crippen LogP contribution < -0.4 is 5.73 Å². The van der Waals surface area contributed by atoms with E-state index in [9.17, 15) is 0 Å². The number of hydrogen-bond donors (Lipinski definition) is 1. The topological polar surface area (TPSA) is 29.3 Å². The van der Waals surface area contributed by atoms with Crippen molar-refractivity contribution < 1.29 is 0 Å². The van der Waals surface area contributed by atoms with Crippen LogP contribution in [-0.2, 0) is 6.42 Å². The monoisotopic (exact) mass is 206 g/mol. The van der Waals surface area contributed by atoms with E-state index in [4.69, 9.17) is 5.73 Å². The highest BCUT2D eigenvalue weighted by atomic mass is 15.1. The number of benzene rings is 1. The van der Waals surface area contributed by atoms with Crippen LogP contribution in [-0.4, -0.2) is 24.5 Å². The molecule has 0 spiro atoms. The average Bonchev–Trinajstić information content (AvgIpc) is 2.25. The van der Waals surface area contributed by atoms with Gasteiger partial charge in [-0.2, -0.15) is 0 Å². The average molecular weight is 206 g/mol. The van der Waals surface area contributed by atoms with Crippen LogP contribution in [0, 0.1) is 0 Å². The first-order valence-corrected chi connectivity index (χ1v) is 5.68. The number of hydrogen-bond acceptors (Lipinski definition) is 2. The summed E-state index contributed by atoms with van der Waals surface area (Å²) in [6, 6.07) is 8.81. The second-order valence-electron chi connectivity index (χ2n) is 4.23. The van der Waals surface area contributed by atoms with Crippen molar-refractivity contribution in [3.8, 4) is 0 Å². The van der Waals surface area contributed by atoms with Crippen molar-refractivity contribution in [2.75, 3.05) is 19.3 Å². The number of rotatable bonds is 5. The van der Waals surface area contributed by atoms with Gasteiger partial charge >= 0.3 is 0 Å². The summed E-state index contributed by atoms with van der Waals surface area (Å²) in [4.78, 5) is 2.39. The lowest BCUT2D eigenvalue weighted by Crippen LogP contribution is -2.30. The quantitative estimate of drug-likeness (QED) is 0.750. The van der Waals surface area contributed by atoms with E-state index in [2.05, 4.69) is 37.9 Å². The van der Waals surface area contributed by atoms with Gasteiger partial charge in [0, 0.05) is 18.3 Å². The van der Waals surface area contributed by atoms with Gasteiger partial charge in [-0.15, -0.1) is 0 Å². The molecule has 0 aliphatic carbocycles. The standard InChI is InChI=1S/C13H22N2/c1-4-11(2)15(3)9-8-12-6-5-7-13(14)10-12/h5-7,10-11H,4,8-9,14H2,1-3H3. The molecule has 0 aliphatic heterocycles. The van der Waals surface area contributed by atoms with E-state index in [1.54, 1.807) is 0 Å².